The molecule has 6 nitrogen and oxygen atoms in total. The molecule has 1 aromatic heterocycles. The summed E-state index contributed by atoms with van der Waals surface area (Å²) in [5.74, 6) is 6.56. The standard InChI is InChI=1S/C13H22N4O2S/c1-9-15-7-6-12(16-9)13(17-14)10-4-3-5-11(8-10)20(2,18)19/h6-7,10-11,13,17H,3-5,8,14H2,1-2H3. The van der Waals surface area contributed by atoms with Crippen LogP contribution in [0.2, 0.25) is 0 Å². The third kappa shape index (κ3) is 3.53. The van der Waals surface area contributed by atoms with Crippen molar-refractivity contribution in [2.24, 2.45) is 11.8 Å². The highest BCUT2D eigenvalue weighted by atomic mass is 32.2. The van der Waals surface area contributed by atoms with Gasteiger partial charge in [-0.25, -0.2) is 18.4 Å². The number of hydrogen-bond donors (Lipinski definition) is 2. The van der Waals surface area contributed by atoms with Gasteiger partial charge >= 0.3 is 0 Å². The zero-order chi connectivity index (χ0) is 14.8. The van der Waals surface area contributed by atoms with Crippen LogP contribution in [0.4, 0.5) is 0 Å². The van der Waals surface area contributed by atoms with Crippen LogP contribution in [0.1, 0.15) is 43.2 Å². The monoisotopic (exact) mass is 298 g/mol. The normalized spacial score (nSPS) is 25.4. The van der Waals surface area contributed by atoms with E-state index in [-0.39, 0.29) is 17.2 Å². The van der Waals surface area contributed by atoms with E-state index in [1.54, 1.807) is 6.20 Å². The molecule has 1 aliphatic carbocycles. The summed E-state index contributed by atoms with van der Waals surface area (Å²) in [4.78, 5) is 8.48. The number of nitrogens with two attached hydrogens (primary N) is 1. The van der Waals surface area contributed by atoms with Crippen molar-refractivity contribution in [3.8, 4) is 0 Å². The van der Waals surface area contributed by atoms with Crippen LogP contribution >= 0.6 is 0 Å². The predicted molar refractivity (Wildman–Crippen MR) is 77.4 cm³/mol. The van der Waals surface area contributed by atoms with Crippen molar-refractivity contribution in [2.45, 2.75) is 43.9 Å². The summed E-state index contributed by atoms with van der Waals surface area (Å²) < 4.78 is 23.5. The fourth-order valence-electron chi connectivity index (χ4n) is 2.98. The third-order valence-corrected chi connectivity index (χ3v) is 5.68. The summed E-state index contributed by atoms with van der Waals surface area (Å²) in [6.45, 7) is 1.83. The van der Waals surface area contributed by atoms with Gasteiger partial charge in [-0.05, 0) is 38.2 Å². The van der Waals surface area contributed by atoms with E-state index >= 15 is 0 Å². The first-order valence-corrected chi connectivity index (χ1v) is 8.82. The number of aryl methyl sites for hydroxylation is 1. The molecule has 1 aliphatic rings. The molecular formula is C13H22N4O2S. The van der Waals surface area contributed by atoms with Gasteiger partial charge in [0, 0.05) is 12.5 Å². The van der Waals surface area contributed by atoms with Gasteiger partial charge in [0.25, 0.3) is 0 Å². The molecule has 0 spiro atoms. The van der Waals surface area contributed by atoms with Gasteiger partial charge in [0.2, 0.25) is 0 Å². The lowest BCUT2D eigenvalue weighted by Gasteiger charge is -2.33. The first kappa shape index (κ1) is 15.3. The Morgan fingerprint density at radius 3 is 2.80 bits per heavy atom. The maximum Gasteiger partial charge on any atom is 0.150 e. The van der Waals surface area contributed by atoms with E-state index in [0.717, 1.165) is 25.0 Å². The van der Waals surface area contributed by atoms with Gasteiger partial charge in [-0.1, -0.05) is 6.42 Å². The molecule has 0 radical (unpaired) electrons. The minimum Gasteiger partial charge on any atom is -0.271 e. The highest BCUT2D eigenvalue weighted by Crippen LogP contribution is 2.35. The molecule has 3 unspecified atom stereocenters. The van der Waals surface area contributed by atoms with E-state index in [9.17, 15) is 8.42 Å². The summed E-state index contributed by atoms with van der Waals surface area (Å²) in [7, 11) is -2.99. The predicted octanol–water partition coefficient (Wildman–Crippen LogP) is 0.893. The van der Waals surface area contributed by atoms with Crippen molar-refractivity contribution in [1.29, 1.82) is 0 Å². The van der Waals surface area contributed by atoms with Crippen LogP contribution in [0, 0.1) is 12.8 Å². The number of nitrogens with zero attached hydrogens (tertiary/aromatic N) is 2. The fourth-order valence-corrected chi connectivity index (χ4v) is 4.17. The highest BCUT2D eigenvalue weighted by molar-refractivity contribution is 7.91. The van der Waals surface area contributed by atoms with Crippen molar-refractivity contribution in [1.82, 2.24) is 15.4 Å². The lowest BCUT2D eigenvalue weighted by Crippen LogP contribution is -2.39. The van der Waals surface area contributed by atoms with E-state index in [1.165, 1.54) is 6.26 Å². The lowest BCUT2D eigenvalue weighted by atomic mass is 9.82. The highest BCUT2D eigenvalue weighted by Gasteiger charge is 2.33. The second kappa shape index (κ2) is 6.15. The maximum atomic E-state index is 11.8. The number of hydrogen-bond acceptors (Lipinski definition) is 6. The molecule has 7 heteroatoms. The fraction of sp³-hybridized carbons (Fsp3) is 0.692. The SMILES string of the molecule is Cc1nccc(C(NN)C2CCCC(S(C)(=O)=O)C2)n1. The van der Waals surface area contributed by atoms with Gasteiger partial charge in [-0.2, -0.15) is 0 Å². The average molecular weight is 298 g/mol. The van der Waals surface area contributed by atoms with Crippen LogP contribution in [-0.4, -0.2) is 29.9 Å². The molecule has 3 N–H and O–H groups in total. The molecule has 1 aromatic rings. The van der Waals surface area contributed by atoms with E-state index < -0.39 is 9.84 Å². The average Bonchev–Trinajstić information content (AvgIpc) is 2.39. The summed E-state index contributed by atoms with van der Waals surface area (Å²) >= 11 is 0. The molecule has 0 aliphatic heterocycles. The van der Waals surface area contributed by atoms with Crippen LogP contribution in [0.3, 0.4) is 0 Å². The molecule has 1 saturated carbocycles. The molecule has 20 heavy (non-hydrogen) atoms. The Labute approximate surface area is 120 Å². The van der Waals surface area contributed by atoms with Gasteiger partial charge in [0.15, 0.2) is 0 Å². The largest absolute Gasteiger partial charge is 0.271 e. The summed E-state index contributed by atoms with van der Waals surface area (Å²) in [5.41, 5.74) is 3.63. The second-order valence-corrected chi connectivity index (χ2v) is 7.88. The minimum atomic E-state index is -2.99. The Hall–Kier alpha value is -1.05. The Balaban J connectivity index is 2.19. The number of sulfone groups is 1. The quantitative estimate of drug-likeness (QED) is 0.633. The van der Waals surface area contributed by atoms with Crippen LogP contribution < -0.4 is 11.3 Å². The Morgan fingerprint density at radius 2 is 2.20 bits per heavy atom. The summed E-state index contributed by atoms with van der Waals surface area (Å²) in [6.07, 6.45) is 6.28. The zero-order valence-electron chi connectivity index (χ0n) is 11.9. The van der Waals surface area contributed by atoms with Crippen molar-refractivity contribution >= 4 is 9.84 Å². The summed E-state index contributed by atoms with van der Waals surface area (Å²) in [6, 6.07) is 1.71. The van der Waals surface area contributed by atoms with E-state index in [0.29, 0.717) is 12.2 Å². The Bertz CT molecular complexity index is 561. The van der Waals surface area contributed by atoms with Gasteiger partial charge in [0.1, 0.15) is 15.7 Å². The number of nitrogens with one attached hydrogen (secondary N) is 1. The summed E-state index contributed by atoms with van der Waals surface area (Å²) in [5, 5.41) is -0.264. The second-order valence-electron chi connectivity index (χ2n) is 5.55. The molecule has 1 heterocycles. The van der Waals surface area contributed by atoms with Gasteiger partial charge < -0.3 is 0 Å². The minimum absolute atomic E-state index is 0.124. The molecule has 2 rings (SSSR count). The topological polar surface area (TPSA) is 98.0 Å². The molecule has 1 fully saturated rings. The molecular weight excluding hydrogens is 276 g/mol. The van der Waals surface area contributed by atoms with Crippen LogP contribution in [-0.2, 0) is 9.84 Å². The van der Waals surface area contributed by atoms with Gasteiger partial charge in [-0.3, -0.25) is 11.3 Å². The van der Waals surface area contributed by atoms with Crippen molar-refractivity contribution in [3.63, 3.8) is 0 Å². The zero-order valence-corrected chi connectivity index (χ0v) is 12.7. The number of aromatic nitrogens is 2. The smallest absolute Gasteiger partial charge is 0.150 e. The van der Waals surface area contributed by atoms with Crippen molar-refractivity contribution < 1.29 is 8.42 Å². The van der Waals surface area contributed by atoms with Crippen LogP contribution in [0.15, 0.2) is 12.3 Å². The maximum absolute atomic E-state index is 11.8. The first-order valence-electron chi connectivity index (χ1n) is 6.86. The van der Waals surface area contributed by atoms with Crippen molar-refractivity contribution in [2.75, 3.05) is 6.26 Å². The van der Waals surface area contributed by atoms with E-state index in [1.807, 2.05) is 13.0 Å². The lowest BCUT2D eigenvalue weighted by molar-refractivity contribution is 0.270. The van der Waals surface area contributed by atoms with E-state index in [2.05, 4.69) is 15.4 Å². The first-order chi connectivity index (χ1) is 9.41. The molecule has 0 amide bonds. The Kier molecular flexibility index (Phi) is 4.72. The molecule has 0 saturated heterocycles. The van der Waals surface area contributed by atoms with E-state index in [4.69, 9.17) is 5.84 Å². The van der Waals surface area contributed by atoms with Crippen LogP contribution in [0.5, 0.6) is 0 Å². The molecule has 3 atom stereocenters. The van der Waals surface area contributed by atoms with Gasteiger partial charge in [0.05, 0.1) is 17.0 Å². The third-order valence-electron chi connectivity index (χ3n) is 4.04. The number of hydrazine groups is 1. The molecule has 0 aromatic carbocycles. The van der Waals surface area contributed by atoms with Crippen LogP contribution in [0.25, 0.3) is 0 Å². The molecule has 112 valence electrons. The van der Waals surface area contributed by atoms with Gasteiger partial charge in [-0.15, -0.1) is 0 Å². The van der Waals surface area contributed by atoms with Crippen molar-refractivity contribution in [3.05, 3.63) is 23.8 Å². The Morgan fingerprint density at radius 1 is 1.45 bits per heavy atom. The molecule has 0 bridgehead atoms. The number of rotatable bonds is 4.